The van der Waals surface area contributed by atoms with Gasteiger partial charge in [0.05, 0.1) is 0 Å². The summed E-state index contributed by atoms with van der Waals surface area (Å²) in [4.78, 5) is 13.4. The van der Waals surface area contributed by atoms with Crippen LogP contribution in [-0.4, -0.2) is 15.0 Å². The zero-order valence-corrected chi connectivity index (χ0v) is 11.5. The summed E-state index contributed by atoms with van der Waals surface area (Å²) in [5, 5.41) is 0. The number of hydrogen-bond donors (Lipinski definition) is 0. The van der Waals surface area contributed by atoms with E-state index in [1.54, 1.807) is 0 Å². The van der Waals surface area contributed by atoms with Gasteiger partial charge in [-0.3, -0.25) is 0 Å². The highest BCUT2D eigenvalue weighted by Gasteiger charge is 2.07. The molecule has 0 aliphatic rings. The summed E-state index contributed by atoms with van der Waals surface area (Å²) in [5.41, 5.74) is 2.01. The van der Waals surface area contributed by atoms with E-state index in [4.69, 9.17) is 0 Å². The summed E-state index contributed by atoms with van der Waals surface area (Å²) in [6.07, 6.45) is 5.99. The van der Waals surface area contributed by atoms with E-state index in [1.807, 2.05) is 69.3 Å². The first-order chi connectivity index (χ1) is 9.24. The Morgan fingerprint density at radius 1 is 1.00 bits per heavy atom. The van der Waals surface area contributed by atoms with Crippen molar-refractivity contribution in [2.24, 2.45) is 0 Å². The van der Waals surface area contributed by atoms with Gasteiger partial charge in [0.25, 0.3) is 0 Å². The van der Waals surface area contributed by atoms with Crippen LogP contribution in [0.1, 0.15) is 25.5 Å². The van der Waals surface area contributed by atoms with Gasteiger partial charge < -0.3 is 0 Å². The van der Waals surface area contributed by atoms with Crippen molar-refractivity contribution in [1.82, 2.24) is 15.0 Å². The second kappa shape index (κ2) is 6.05. The quantitative estimate of drug-likeness (QED) is 0.778. The molecule has 0 saturated carbocycles. The highest BCUT2D eigenvalue weighted by atomic mass is 15.0. The minimum Gasteiger partial charge on any atom is -0.213 e. The molecule has 0 atom stereocenters. The Kier molecular flexibility index (Phi) is 4.18. The first-order valence-corrected chi connectivity index (χ1v) is 6.32. The van der Waals surface area contributed by atoms with Crippen LogP contribution in [0.15, 0.2) is 48.6 Å². The van der Waals surface area contributed by atoms with Gasteiger partial charge in [0.2, 0.25) is 0 Å². The standard InChI is InChI=1S/C16H17N3/c1-4-9-13(5-2)15-17-12(3)18-16(19-15)14-10-7-6-8-11-14/h4-11H,1-3H3. The van der Waals surface area contributed by atoms with E-state index >= 15 is 0 Å². The minimum absolute atomic E-state index is 0.715. The number of aryl methyl sites for hydroxylation is 1. The third-order valence-electron chi connectivity index (χ3n) is 2.69. The maximum absolute atomic E-state index is 4.55. The average Bonchev–Trinajstić information content (AvgIpc) is 2.45. The van der Waals surface area contributed by atoms with Crippen molar-refractivity contribution in [3.05, 3.63) is 60.2 Å². The van der Waals surface area contributed by atoms with E-state index in [-0.39, 0.29) is 0 Å². The van der Waals surface area contributed by atoms with Gasteiger partial charge in [-0.1, -0.05) is 48.6 Å². The summed E-state index contributed by atoms with van der Waals surface area (Å²) in [6.45, 7) is 5.85. The smallest absolute Gasteiger partial charge is 0.163 e. The van der Waals surface area contributed by atoms with E-state index in [1.165, 1.54) is 0 Å². The lowest BCUT2D eigenvalue weighted by atomic mass is 10.2. The first kappa shape index (κ1) is 13.1. The molecule has 0 saturated heterocycles. The predicted octanol–water partition coefficient (Wildman–Crippen LogP) is 3.83. The molecule has 1 heterocycles. The van der Waals surface area contributed by atoms with Gasteiger partial charge in [-0.15, -0.1) is 0 Å². The maximum Gasteiger partial charge on any atom is 0.163 e. The lowest BCUT2D eigenvalue weighted by Crippen LogP contribution is -2.01. The van der Waals surface area contributed by atoms with Crippen molar-refractivity contribution in [1.29, 1.82) is 0 Å². The number of nitrogens with zero attached hydrogens (tertiary/aromatic N) is 3. The van der Waals surface area contributed by atoms with Crippen LogP contribution in [-0.2, 0) is 0 Å². The molecule has 3 nitrogen and oxygen atoms in total. The van der Waals surface area contributed by atoms with Gasteiger partial charge in [0.1, 0.15) is 5.82 Å². The van der Waals surface area contributed by atoms with Crippen LogP contribution in [0, 0.1) is 6.92 Å². The molecule has 19 heavy (non-hydrogen) atoms. The highest BCUT2D eigenvalue weighted by Crippen LogP contribution is 2.18. The third kappa shape index (κ3) is 3.13. The molecule has 0 N–H and O–H groups in total. The van der Waals surface area contributed by atoms with Crippen molar-refractivity contribution < 1.29 is 0 Å². The number of benzene rings is 1. The van der Waals surface area contributed by atoms with E-state index < -0.39 is 0 Å². The second-order valence-electron chi connectivity index (χ2n) is 4.14. The molecular weight excluding hydrogens is 234 g/mol. The van der Waals surface area contributed by atoms with Gasteiger partial charge in [-0.05, 0) is 20.8 Å². The van der Waals surface area contributed by atoms with Crippen molar-refractivity contribution in [2.45, 2.75) is 20.8 Å². The Labute approximate surface area is 113 Å². The van der Waals surface area contributed by atoms with Gasteiger partial charge in [0.15, 0.2) is 11.6 Å². The number of aromatic nitrogens is 3. The molecule has 0 aliphatic heterocycles. The molecule has 3 heteroatoms. The Morgan fingerprint density at radius 2 is 1.74 bits per heavy atom. The summed E-state index contributed by atoms with van der Waals surface area (Å²) >= 11 is 0. The fourth-order valence-electron chi connectivity index (χ4n) is 1.81. The molecule has 0 aliphatic carbocycles. The zero-order chi connectivity index (χ0) is 13.7. The van der Waals surface area contributed by atoms with Gasteiger partial charge in [0, 0.05) is 11.1 Å². The molecular formula is C16H17N3. The molecule has 96 valence electrons. The molecule has 0 radical (unpaired) electrons. The Hall–Kier alpha value is -2.29. The fourth-order valence-corrected chi connectivity index (χ4v) is 1.81. The summed E-state index contributed by atoms with van der Waals surface area (Å²) in [7, 11) is 0. The molecule has 2 aromatic rings. The average molecular weight is 251 g/mol. The summed E-state index contributed by atoms with van der Waals surface area (Å²) < 4.78 is 0. The highest BCUT2D eigenvalue weighted by molar-refractivity contribution is 5.70. The van der Waals surface area contributed by atoms with E-state index in [0.717, 1.165) is 17.0 Å². The molecule has 0 fully saturated rings. The monoisotopic (exact) mass is 251 g/mol. The normalized spacial score (nSPS) is 12.1. The maximum atomic E-state index is 4.55. The van der Waals surface area contributed by atoms with Gasteiger partial charge >= 0.3 is 0 Å². The number of allylic oxidation sites excluding steroid dienone is 4. The van der Waals surface area contributed by atoms with Crippen LogP contribution in [0.25, 0.3) is 17.0 Å². The fraction of sp³-hybridized carbons (Fsp3) is 0.188. The van der Waals surface area contributed by atoms with Crippen LogP contribution in [0.4, 0.5) is 0 Å². The van der Waals surface area contributed by atoms with Crippen molar-refractivity contribution in [2.75, 3.05) is 0 Å². The van der Waals surface area contributed by atoms with Crippen LogP contribution in [0.2, 0.25) is 0 Å². The summed E-state index contributed by atoms with van der Waals surface area (Å²) in [6, 6.07) is 9.95. The van der Waals surface area contributed by atoms with Crippen LogP contribution >= 0.6 is 0 Å². The predicted molar refractivity (Wildman–Crippen MR) is 78.5 cm³/mol. The van der Waals surface area contributed by atoms with Crippen LogP contribution < -0.4 is 0 Å². The van der Waals surface area contributed by atoms with E-state index in [0.29, 0.717) is 11.6 Å². The summed E-state index contributed by atoms with van der Waals surface area (Å²) in [5.74, 6) is 2.16. The molecule has 1 aromatic carbocycles. The minimum atomic E-state index is 0.715. The third-order valence-corrected chi connectivity index (χ3v) is 2.69. The van der Waals surface area contributed by atoms with E-state index in [2.05, 4.69) is 15.0 Å². The lowest BCUT2D eigenvalue weighted by molar-refractivity contribution is 0.962. The first-order valence-electron chi connectivity index (χ1n) is 6.32. The number of rotatable bonds is 3. The van der Waals surface area contributed by atoms with Gasteiger partial charge in [-0.25, -0.2) is 15.0 Å². The van der Waals surface area contributed by atoms with Crippen molar-refractivity contribution in [3.8, 4) is 11.4 Å². The lowest BCUT2D eigenvalue weighted by Gasteiger charge is -2.05. The van der Waals surface area contributed by atoms with Crippen molar-refractivity contribution >= 4 is 5.57 Å². The second-order valence-corrected chi connectivity index (χ2v) is 4.14. The molecule has 0 unspecified atom stereocenters. The Balaban J connectivity index is 2.52. The molecule has 0 bridgehead atoms. The largest absolute Gasteiger partial charge is 0.213 e. The zero-order valence-electron chi connectivity index (χ0n) is 11.5. The Morgan fingerprint density at radius 3 is 2.37 bits per heavy atom. The molecule has 2 rings (SSSR count). The van der Waals surface area contributed by atoms with E-state index in [9.17, 15) is 0 Å². The van der Waals surface area contributed by atoms with Crippen LogP contribution in [0.3, 0.4) is 0 Å². The topological polar surface area (TPSA) is 38.7 Å². The van der Waals surface area contributed by atoms with Gasteiger partial charge in [-0.2, -0.15) is 0 Å². The molecule has 0 spiro atoms. The Bertz CT molecular complexity index is 613. The number of hydrogen-bond acceptors (Lipinski definition) is 3. The SMILES string of the molecule is CC=CC(=CC)c1nc(C)nc(-c2ccccc2)n1. The molecule has 0 amide bonds. The van der Waals surface area contributed by atoms with Crippen molar-refractivity contribution in [3.63, 3.8) is 0 Å². The molecule has 1 aromatic heterocycles. The van der Waals surface area contributed by atoms with Crippen LogP contribution in [0.5, 0.6) is 0 Å².